The Bertz CT molecular complexity index is 233. The van der Waals surface area contributed by atoms with Crippen LogP contribution in [0.4, 0.5) is 0 Å². The van der Waals surface area contributed by atoms with Gasteiger partial charge in [0.15, 0.2) is 0 Å². The summed E-state index contributed by atoms with van der Waals surface area (Å²) in [6.45, 7) is 6.88. The van der Waals surface area contributed by atoms with E-state index < -0.39 is 0 Å². The van der Waals surface area contributed by atoms with Gasteiger partial charge < -0.3 is 0 Å². The second-order valence-corrected chi connectivity index (χ2v) is 13.9. The molecule has 0 aliphatic carbocycles. The normalized spacial score (nSPS) is 10.8. The molecule has 0 aliphatic heterocycles. The Hall–Kier alpha value is 1.15. The van der Waals surface area contributed by atoms with E-state index in [-0.39, 0.29) is 21.1 Å². The van der Waals surface area contributed by atoms with E-state index in [0.29, 0.717) is 0 Å². The zero-order valence-electron chi connectivity index (χ0n) is 21.6. The molecule has 0 aromatic rings. The van der Waals surface area contributed by atoms with Gasteiger partial charge in [-0.1, -0.05) is 64.7 Å². The minimum atomic E-state index is 0.0736. The van der Waals surface area contributed by atoms with E-state index in [4.69, 9.17) is 0 Å². The van der Waals surface area contributed by atoms with Gasteiger partial charge in [0.25, 0.3) is 0 Å². The fraction of sp³-hybridized carbons (Fsp3) is 1.00. The molecule has 0 amide bonds. The quantitative estimate of drug-likeness (QED) is 0.0694. The number of thiol groups is 1. The number of unbranched alkanes of at least 4 members (excludes halogenated alkanes) is 19. The second kappa shape index (κ2) is 34.8. The van der Waals surface area contributed by atoms with Crippen molar-refractivity contribution < 1.29 is 0 Å². The SMILES string of the molecule is CCCCCCCCCCCCS.CCCCCCC[CH2][Sn][CH2]CCCCCCC. The summed E-state index contributed by atoms with van der Waals surface area (Å²) in [5.74, 6) is 1.07. The number of hydrogen-bond donors (Lipinski definition) is 1. The van der Waals surface area contributed by atoms with E-state index in [1.807, 2.05) is 0 Å². The summed E-state index contributed by atoms with van der Waals surface area (Å²) < 4.78 is 3.31. The van der Waals surface area contributed by atoms with Gasteiger partial charge in [-0.3, -0.25) is 0 Å². The molecule has 0 bridgehead atoms. The minimum absolute atomic E-state index is 0.0736. The molecule has 2 heteroatoms. The van der Waals surface area contributed by atoms with Crippen molar-refractivity contribution in [3.8, 4) is 0 Å². The molecule has 0 saturated carbocycles. The van der Waals surface area contributed by atoms with Gasteiger partial charge in [-0.2, -0.15) is 12.6 Å². The third-order valence-electron chi connectivity index (χ3n) is 5.93. The third-order valence-corrected chi connectivity index (χ3v) is 10.3. The molecule has 0 N–H and O–H groups in total. The Kier molecular flexibility index (Phi) is 38.6. The summed E-state index contributed by atoms with van der Waals surface area (Å²) in [5, 5.41) is 0. The summed E-state index contributed by atoms with van der Waals surface area (Å²) in [5.41, 5.74) is 0. The Labute approximate surface area is 209 Å². The van der Waals surface area contributed by atoms with Crippen molar-refractivity contribution in [2.24, 2.45) is 0 Å². The van der Waals surface area contributed by atoms with Crippen LogP contribution in [0.15, 0.2) is 0 Å². The zero-order valence-corrected chi connectivity index (χ0v) is 25.4. The Morgan fingerprint density at radius 3 is 0.933 bits per heavy atom. The van der Waals surface area contributed by atoms with Gasteiger partial charge in [-0.25, -0.2) is 0 Å². The standard InChI is InChI=1S/C12H26S.2C8H17.Sn/c1-2-3-4-5-6-7-8-9-10-11-12-13;2*1-3-5-7-8-6-4-2;/h13H,2-12H2,1H3;2*1,3-8H2,2H3;. The third kappa shape index (κ3) is 36.5. The average Bonchev–Trinajstić information content (AvgIpc) is 2.76. The summed E-state index contributed by atoms with van der Waals surface area (Å²) >= 11 is 4.28. The first-order valence-electron chi connectivity index (χ1n) is 14.1. The molecular formula is C28H60SSn. The zero-order chi connectivity index (χ0) is 22.4. The summed E-state index contributed by atoms with van der Waals surface area (Å²) in [4.78, 5) is 0. The Morgan fingerprint density at radius 1 is 0.367 bits per heavy atom. The van der Waals surface area contributed by atoms with Crippen LogP contribution in [0.25, 0.3) is 0 Å². The van der Waals surface area contributed by atoms with Crippen molar-refractivity contribution in [1.82, 2.24) is 0 Å². The van der Waals surface area contributed by atoms with E-state index in [9.17, 15) is 0 Å². The van der Waals surface area contributed by atoms with Gasteiger partial charge in [0.2, 0.25) is 0 Å². The van der Waals surface area contributed by atoms with Gasteiger partial charge in [0, 0.05) is 0 Å². The molecule has 0 unspecified atom stereocenters. The van der Waals surface area contributed by atoms with Crippen molar-refractivity contribution >= 4 is 33.8 Å². The molecule has 0 atom stereocenters. The first-order chi connectivity index (χ1) is 14.8. The molecule has 0 aromatic heterocycles. The molecule has 0 spiro atoms. The van der Waals surface area contributed by atoms with Crippen LogP contribution in [0.1, 0.15) is 162 Å². The monoisotopic (exact) mass is 548 g/mol. The van der Waals surface area contributed by atoms with E-state index >= 15 is 0 Å². The second-order valence-electron chi connectivity index (χ2n) is 9.19. The average molecular weight is 548 g/mol. The summed E-state index contributed by atoms with van der Waals surface area (Å²) in [6, 6.07) is 0. The fourth-order valence-corrected chi connectivity index (χ4v) is 7.58. The predicted molar refractivity (Wildman–Crippen MR) is 148 cm³/mol. The van der Waals surface area contributed by atoms with E-state index in [1.165, 1.54) is 128 Å². The Morgan fingerprint density at radius 2 is 0.633 bits per heavy atom. The van der Waals surface area contributed by atoms with Gasteiger partial charge in [0.05, 0.1) is 0 Å². The predicted octanol–water partition coefficient (Wildman–Crippen LogP) is 11.1. The van der Waals surface area contributed by atoms with E-state index in [0.717, 1.165) is 5.75 Å². The van der Waals surface area contributed by atoms with Crippen molar-refractivity contribution in [3.63, 3.8) is 0 Å². The Balaban J connectivity index is 0. The van der Waals surface area contributed by atoms with Crippen LogP contribution in [0.5, 0.6) is 0 Å². The molecule has 0 rings (SSSR count). The van der Waals surface area contributed by atoms with Crippen LogP contribution in [0.2, 0.25) is 8.87 Å². The summed E-state index contributed by atoms with van der Waals surface area (Å²) in [6.07, 6.45) is 32.0. The first-order valence-corrected chi connectivity index (χ1v) is 18.8. The van der Waals surface area contributed by atoms with E-state index in [1.54, 1.807) is 21.7 Å². The molecular weight excluding hydrogens is 487 g/mol. The molecule has 0 aromatic carbocycles. The molecule has 0 aliphatic rings. The molecule has 0 heterocycles. The van der Waals surface area contributed by atoms with Gasteiger partial charge in [0.1, 0.15) is 0 Å². The van der Waals surface area contributed by atoms with Gasteiger partial charge >= 0.3 is 121 Å². The van der Waals surface area contributed by atoms with Crippen LogP contribution in [-0.4, -0.2) is 26.9 Å². The molecule has 30 heavy (non-hydrogen) atoms. The fourth-order valence-electron chi connectivity index (χ4n) is 3.78. The molecule has 0 nitrogen and oxygen atoms in total. The molecule has 0 saturated heterocycles. The van der Waals surface area contributed by atoms with Crippen LogP contribution >= 0.6 is 12.6 Å². The molecule has 2 radical (unpaired) electrons. The van der Waals surface area contributed by atoms with Crippen LogP contribution in [0.3, 0.4) is 0 Å². The molecule has 182 valence electrons. The van der Waals surface area contributed by atoms with Gasteiger partial charge in [-0.05, 0) is 12.2 Å². The number of hydrogen-bond acceptors (Lipinski definition) is 1. The first kappa shape index (κ1) is 33.3. The maximum atomic E-state index is 4.20. The van der Waals surface area contributed by atoms with Gasteiger partial charge in [-0.15, -0.1) is 0 Å². The molecule has 0 fully saturated rings. The van der Waals surface area contributed by atoms with Crippen molar-refractivity contribution in [2.75, 3.05) is 5.75 Å². The number of rotatable bonds is 24. The van der Waals surface area contributed by atoms with Crippen molar-refractivity contribution in [1.29, 1.82) is 0 Å². The van der Waals surface area contributed by atoms with Crippen molar-refractivity contribution in [3.05, 3.63) is 0 Å². The summed E-state index contributed by atoms with van der Waals surface area (Å²) in [7, 11) is 0. The van der Waals surface area contributed by atoms with Crippen molar-refractivity contribution in [2.45, 2.75) is 171 Å². The maximum absolute atomic E-state index is 4.20. The van der Waals surface area contributed by atoms with Crippen LogP contribution in [-0.2, 0) is 0 Å². The van der Waals surface area contributed by atoms with E-state index in [2.05, 4.69) is 33.4 Å². The van der Waals surface area contributed by atoms with Crippen LogP contribution in [0, 0.1) is 0 Å². The topological polar surface area (TPSA) is 0 Å². The van der Waals surface area contributed by atoms with Crippen LogP contribution < -0.4 is 0 Å².